The number of rotatable bonds is 4. The van der Waals surface area contributed by atoms with Crippen LogP contribution in [0.2, 0.25) is 0 Å². The van der Waals surface area contributed by atoms with Gasteiger partial charge in [0.05, 0.1) is 16.5 Å². The summed E-state index contributed by atoms with van der Waals surface area (Å²) in [6.45, 7) is 3.44. The van der Waals surface area contributed by atoms with E-state index in [-0.39, 0.29) is 17.9 Å². The molecule has 3 rings (SSSR count). The van der Waals surface area contributed by atoms with Gasteiger partial charge in [0.15, 0.2) is 0 Å². The van der Waals surface area contributed by atoms with E-state index in [0.29, 0.717) is 43.6 Å². The van der Waals surface area contributed by atoms with Crippen molar-refractivity contribution in [3.8, 4) is 6.07 Å². The van der Waals surface area contributed by atoms with Crippen LogP contribution in [-0.2, 0) is 26.0 Å². The lowest BCUT2D eigenvalue weighted by molar-refractivity contribution is -0.138. The number of hydrogen-bond acceptors (Lipinski definition) is 6. The molecule has 2 aromatic rings. The van der Waals surface area contributed by atoms with Crippen LogP contribution >= 0.6 is 0 Å². The van der Waals surface area contributed by atoms with Crippen molar-refractivity contribution in [1.29, 1.82) is 5.26 Å². The minimum absolute atomic E-state index is 0.0130. The lowest BCUT2D eigenvalue weighted by Crippen LogP contribution is -2.48. The van der Waals surface area contributed by atoms with E-state index in [1.807, 2.05) is 13.0 Å². The van der Waals surface area contributed by atoms with Crippen LogP contribution < -0.4 is 10.6 Å². The second-order valence-electron chi connectivity index (χ2n) is 8.04. The number of carbonyl (C=O) groups excluding carboxylic acids is 2. The Bertz CT molecular complexity index is 1120. The molecule has 174 valence electrons. The predicted octanol–water partition coefficient (Wildman–Crippen LogP) is 1.74. The Morgan fingerprint density at radius 3 is 2.33 bits per heavy atom. The van der Waals surface area contributed by atoms with Crippen LogP contribution in [0, 0.1) is 24.2 Å². The van der Waals surface area contributed by atoms with Gasteiger partial charge in [-0.2, -0.15) is 5.26 Å². The molecule has 0 radical (unpaired) electrons. The SMILES string of the molecule is Cc1ccc(S(=O)(=O)N2CCCNCCCNC(=O)C(Cc3ccc(C#N)cc3)C2=O)cc1. The van der Waals surface area contributed by atoms with E-state index in [2.05, 4.69) is 10.6 Å². The summed E-state index contributed by atoms with van der Waals surface area (Å²) in [7, 11) is -4.14. The highest BCUT2D eigenvalue weighted by Crippen LogP contribution is 2.22. The van der Waals surface area contributed by atoms with Gasteiger partial charge in [0.1, 0.15) is 5.92 Å². The van der Waals surface area contributed by atoms with Gasteiger partial charge in [-0.1, -0.05) is 29.8 Å². The van der Waals surface area contributed by atoms with Crippen LogP contribution in [-0.4, -0.2) is 50.7 Å². The third-order valence-electron chi connectivity index (χ3n) is 5.54. The summed E-state index contributed by atoms with van der Waals surface area (Å²) in [5, 5.41) is 15.0. The van der Waals surface area contributed by atoms with Gasteiger partial charge in [-0.15, -0.1) is 0 Å². The van der Waals surface area contributed by atoms with Crippen LogP contribution in [0.1, 0.15) is 29.5 Å². The maximum Gasteiger partial charge on any atom is 0.266 e. The van der Waals surface area contributed by atoms with Crippen LogP contribution in [0.5, 0.6) is 0 Å². The number of benzene rings is 2. The van der Waals surface area contributed by atoms with Gasteiger partial charge in [0, 0.05) is 13.1 Å². The van der Waals surface area contributed by atoms with Crippen molar-refractivity contribution in [2.75, 3.05) is 26.2 Å². The molecular weight excluding hydrogens is 440 g/mol. The molecule has 8 nitrogen and oxygen atoms in total. The highest BCUT2D eigenvalue weighted by Gasteiger charge is 2.37. The average molecular weight is 469 g/mol. The zero-order chi connectivity index (χ0) is 23.8. The Kier molecular flexibility index (Phi) is 8.20. The van der Waals surface area contributed by atoms with Crippen LogP contribution in [0.4, 0.5) is 0 Å². The molecule has 0 saturated carbocycles. The summed E-state index contributed by atoms with van der Waals surface area (Å²) in [5.74, 6) is -2.46. The Morgan fingerprint density at radius 2 is 1.67 bits per heavy atom. The topological polar surface area (TPSA) is 119 Å². The summed E-state index contributed by atoms with van der Waals surface area (Å²) in [5.41, 5.74) is 2.03. The normalized spacial score (nSPS) is 18.5. The summed E-state index contributed by atoms with van der Waals surface area (Å²) < 4.78 is 27.7. The van der Waals surface area contributed by atoms with Gasteiger partial charge < -0.3 is 10.6 Å². The van der Waals surface area contributed by atoms with Crippen molar-refractivity contribution >= 4 is 21.8 Å². The largest absolute Gasteiger partial charge is 0.355 e. The molecule has 9 heteroatoms. The van der Waals surface area contributed by atoms with Crippen molar-refractivity contribution in [2.45, 2.75) is 31.1 Å². The predicted molar refractivity (Wildman–Crippen MR) is 124 cm³/mol. The monoisotopic (exact) mass is 468 g/mol. The molecule has 1 atom stereocenters. The number of amides is 2. The molecule has 1 saturated heterocycles. The Labute approximate surface area is 194 Å². The zero-order valence-electron chi connectivity index (χ0n) is 18.6. The van der Waals surface area contributed by atoms with E-state index in [1.165, 1.54) is 12.1 Å². The van der Waals surface area contributed by atoms with E-state index < -0.39 is 27.8 Å². The fourth-order valence-corrected chi connectivity index (χ4v) is 5.09. The van der Waals surface area contributed by atoms with Crippen LogP contribution in [0.15, 0.2) is 53.4 Å². The van der Waals surface area contributed by atoms with Gasteiger partial charge in [0.25, 0.3) is 10.0 Å². The first-order valence-electron chi connectivity index (χ1n) is 10.9. The summed E-state index contributed by atoms with van der Waals surface area (Å²) in [6, 6.07) is 14.9. The number of nitriles is 1. The zero-order valence-corrected chi connectivity index (χ0v) is 19.4. The highest BCUT2D eigenvalue weighted by atomic mass is 32.2. The summed E-state index contributed by atoms with van der Waals surface area (Å²) in [4.78, 5) is 26.6. The number of hydrogen-bond donors (Lipinski definition) is 2. The number of sulfonamides is 1. The minimum atomic E-state index is -4.14. The van der Waals surface area contributed by atoms with Gasteiger partial charge in [-0.05, 0) is 69.1 Å². The molecule has 0 spiro atoms. The molecule has 0 bridgehead atoms. The molecule has 1 aliphatic rings. The third-order valence-corrected chi connectivity index (χ3v) is 7.35. The molecule has 0 aromatic heterocycles. The lowest BCUT2D eigenvalue weighted by Gasteiger charge is -2.27. The highest BCUT2D eigenvalue weighted by molar-refractivity contribution is 7.89. The Hall–Kier alpha value is -3.22. The van der Waals surface area contributed by atoms with Gasteiger partial charge in [-0.3, -0.25) is 9.59 Å². The molecular formula is C24H28N4O4S. The lowest BCUT2D eigenvalue weighted by atomic mass is 9.96. The van der Waals surface area contributed by atoms with E-state index in [4.69, 9.17) is 5.26 Å². The molecule has 2 aromatic carbocycles. The summed E-state index contributed by atoms with van der Waals surface area (Å²) in [6.07, 6.45) is 1.17. The summed E-state index contributed by atoms with van der Waals surface area (Å²) >= 11 is 0. The molecule has 1 aliphatic heterocycles. The first kappa shape index (κ1) is 24.4. The van der Waals surface area contributed by atoms with Gasteiger partial charge in [0.2, 0.25) is 11.8 Å². The number of nitrogens with zero attached hydrogens (tertiary/aromatic N) is 2. The number of carbonyl (C=O) groups is 2. The third kappa shape index (κ3) is 6.18. The second-order valence-corrected chi connectivity index (χ2v) is 9.90. The van der Waals surface area contributed by atoms with Crippen LogP contribution in [0.25, 0.3) is 0 Å². The van der Waals surface area contributed by atoms with Gasteiger partial charge in [-0.25, -0.2) is 12.7 Å². The number of nitrogens with one attached hydrogen (secondary N) is 2. The fraction of sp³-hybridized carbons (Fsp3) is 0.375. The van der Waals surface area contributed by atoms with E-state index >= 15 is 0 Å². The van der Waals surface area contributed by atoms with Crippen molar-refractivity contribution in [2.24, 2.45) is 5.92 Å². The van der Waals surface area contributed by atoms with Crippen molar-refractivity contribution in [1.82, 2.24) is 14.9 Å². The molecule has 33 heavy (non-hydrogen) atoms. The number of aryl methyl sites for hydroxylation is 1. The second kappa shape index (κ2) is 11.1. The minimum Gasteiger partial charge on any atom is -0.355 e. The van der Waals surface area contributed by atoms with E-state index in [1.54, 1.807) is 36.4 Å². The fourth-order valence-electron chi connectivity index (χ4n) is 3.62. The van der Waals surface area contributed by atoms with Crippen molar-refractivity contribution in [3.63, 3.8) is 0 Å². The average Bonchev–Trinajstić information content (AvgIpc) is 2.80. The molecule has 0 aliphatic carbocycles. The quantitative estimate of drug-likeness (QED) is 0.660. The molecule has 2 amide bonds. The van der Waals surface area contributed by atoms with Crippen LogP contribution in [0.3, 0.4) is 0 Å². The van der Waals surface area contributed by atoms with E-state index in [9.17, 15) is 18.0 Å². The molecule has 2 N–H and O–H groups in total. The van der Waals surface area contributed by atoms with Gasteiger partial charge >= 0.3 is 0 Å². The maximum absolute atomic E-state index is 13.6. The maximum atomic E-state index is 13.6. The molecule has 1 heterocycles. The first-order valence-corrected chi connectivity index (χ1v) is 12.4. The van der Waals surface area contributed by atoms with Crippen molar-refractivity contribution < 1.29 is 18.0 Å². The first-order chi connectivity index (χ1) is 15.8. The molecule has 1 fully saturated rings. The van der Waals surface area contributed by atoms with Crippen molar-refractivity contribution in [3.05, 3.63) is 65.2 Å². The standard InChI is InChI=1S/C24H28N4O4S/c1-18-4-10-21(11-5-18)33(31,32)28-15-3-13-26-12-2-14-27-23(29)22(24(28)30)16-19-6-8-20(17-25)9-7-19/h4-11,22,26H,2-3,12-16H2,1H3,(H,27,29). The molecule has 1 unspecified atom stereocenters. The smallest absolute Gasteiger partial charge is 0.266 e. The van der Waals surface area contributed by atoms with E-state index in [0.717, 1.165) is 9.87 Å². The Balaban J connectivity index is 1.97. The Morgan fingerprint density at radius 1 is 1.00 bits per heavy atom.